The van der Waals surface area contributed by atoms with Gasteiger partial charge in [0.15, 0.2) is 0 Å². The van der Waals surface area contributed by atoms with Gasteiger partial charge in [-0.3, -0.25) is 4.57 Å². The fourth-order valence-corrected chi connectivity index (χ4v) is 2.55. The fourth-order valence-electron chi connectivity index (χ4n) is 2.07. The minimum atomic E-state index is 0.688. The van der Waals surface area contributed by atoms with E-state index in [0.717, 1.165) is 27.5 Å². The van der Waals surface area contributed by atoms with Gasteiger partial charge in [0, 0.05) is 22.0 Å². The highest BCUT2D eigenvalue weighted by molar-refractivity contribution is 9.10. The van der Waals surface area contributed by atoms with Crippen LogP contribution in [0.25, 0.3) is 5.69 Å². The first kappa shape index (κ1) is 14.2. The Hall–Kier alpha value is -1.78. The third kappa shape index (κ3) is 3.12. The molecule has 0 radical (unpaired) electrons. The first-order chi connectivity index (χ1) is 10.1. The molecule has 5 heteroatoms. The lowest BCUT2D eigenvalue weighted by molar-refractivity contribution is 1.06. The Balaban J connectivity index is 2.01. The zero-order valence-electron chi connectivity index (χ0n) is 11.3. The van der Waals surface area contributed by atoms with E-state index in [1.54, 1.807) is 0 Å². The lowest BCUT2D eigenvalue weighted by Crippen LogP contribution is -2.01. The molecule has 3 nitrogen and oxygen atoms in total. The number of para-hydroxylation sites is 1. The number of benzene rings is 2. The Morgan fingerprint density at radius 3 is 2.62 bits per heavy atom. The van der Waals surface area contributed by atoms with Crippen LogP contribution in [0.15, 0.2) is 59.2 Å². The minimum absolute atomic E-state index is 0.688. The number of imidazole rings is 1. The van der Waals surface area contributed by atoms with Crippen LogP contribution in [0, 0.1) is 6.92 Å². The van der Waals surface area contributed by atoms with Gasteiger partial charge in [0.25, 0.3) is 0 Å². The van der Waals surface area contributed by atoms with Gasteiger partial charge in [-0.2, -0.15) is 0 Å². The van der Waals surface area contributed by atoms with Crippen molar-refractivity contribution in [2.24, 2.45) is 0 Å². The molecule has 1 N–H and O–H groups in total. The summed E-state index contributed by atoms with van der Waals surface area (Å²) in [6.07, 6.45) is 1.99. The van der Waals surface area contributed by atoms with E-state index in [4.69, 9.17) is 11.6 Å². The summed E-state index contributed by atoms with van der Waals surface area (Å²) >= 11 is 9.51. The smallest absolute Gasteiger partial charge is 0.212 e. The maximum absolute atomic E-state index is 6.06. The second-order valence-electron chi connectivity index (χ2n) is 4.67. The number of aromatic nitrogens is 2. The molecule has 0 amide bonds. The topological polar surface area (TPSA) is 29.9 Å². The first-order valence-electron chi connectivity index (χ1n) is 6.47. The predicted molar refractivity (Wildman–Crippen MR) is 90.7 cm³/mol. The molecule has 3 aromatic rings. The molecule has 0 aliphatic carbocycles. The number of rotatable bonds is 3. The number of hydrogen-bond acceptors (Lipinski definition) is 2. The maximum Gasteiger partial charge on any atom is 0.212 e. The summed E-state index contributed by atoms with van der Waals surface area (Å²) in [7, 11) is 0. The number of anilines is 2. The molecular weight excluding hydrogens is 350 g/mol. The van der Waals surface area contributed by atoms with E-state index in [1.807, 2.05) is 66.2 Å². The largest absolute Gasteiger partial charge is 0.325 e. The average Bonchev–Trinajstić information content (AvgIpc) is 2.84. The highest BCUT2D eigenvalue weighted by Crippen LogP contribution is 2.27. The second kappa shape index (κ2) is 5.92. The van der Waals surface area contributed by atoms with Gasteiger partial charge in [-0.25, -0.2) is 4.98 Å². The lowest BCUT2D eigenvalue weighted by atomic mass is 10.3. The van der Waals surface area contributed by atoms with Gasteiger partial charge >= 0.3 is 0 Å². The summed E-state index contributed by atoms with van der Waals surface area (Å²) in [6.45, 7) is 1.97. The van der Waals surface area contributed by atoms with Gasteiger partial charge in [0.05, 0.1) is 10.7 Å². The number of nitrogens with one attached hydrogen (secondary N) is 1. The van der Waals surface area contributed by atoms with Gasteiger partial charge in [0.2, 0.25) is 5.95 Å². The summed E-state index contributed by atoms with van der Waals surface area (Å²) in [6, 6.07) is 15.8. The number of aryl methyl sites for hydroxylation is 1. The van der Waals surface area contributed by atoms with Crippen molar-refractivity contribution in [1.82, 2.24) is 9.55 Å². The first-order valence-corrected chi connectivity index (χ1v) is 7.64. The molecule has 0 unspecified atom stereocenters. The van der Waals surface area contributed by atoms with Crippen molar-refractivity contribution in [3.8, 4) is 5.69 Å². The van der Waals surface area contributed by atoms with Crippen molar-refractivity contribution in [3.63, 3.8) is 0 Å². The van der Waals surface area contributed by atoms with Crippen LogP contribution in [-0.2, 0) is 0 Å². The summed E-state index contributed by atoms with van der Waals surface area (Å²) in [4.78, 5) is 4.54. The molecule has 3 rings (SSSR count). The minimum Gasteiger partial charge on any atom is -0.325 e. The van der Waals surface area contributed by atoms with Gasteiger partial charge in [-0.1, -0.05) is 29.8 Å². The van der Waals surface area contributed by atoms with Crippen LogP contribution in [0.5, 0.6) is 0 Å². The van der Waals surface area contributed by atoms with E-state index in [9.17, 15) is 0 Å². The van der Waals surface area contributed by atoms with Crippen LogP contribution in [-0.4, -0.2) is 9.55 Å². The van der Waals surface area contributed by atoms with E-state index < -0.39 is 0 Å². The van der Waals surface area contributed by atoms with Gasteiger partial charge in [-0.15, -0.1) is 0 Å². The Labute approximate surface area is 136 Å². The Kier molecular flexibility index (Phi) is 3.99. The maximum atomic E-state index is 6.06. The molecular formula is C16H13BrClN3. The van der Waals surface area contributed by atoms with E-state index in [0.29, 0.717) is 5.02 Å². The normalized spacial score (nSPS) is 10.6. The SMILES string of the molecule is Cc1cn(-c2ccc(Cl)c(Br)c2)c(Nc2ccccc2)n1. The zero-order valence-corrected chi connectivity index (χ0v) is 13.7. The Morgan fingerprint density at radius 2 is 1.90 bits per heavy atom. The third-order valence-electron chi connectivity index (χ3n) is 3.04. The summed E-state index contributed by atoms with van der Waals surface area (Å²) in [5.74, 6) is 0.771. The second-order valence-corrected chi connectivity index (χ2v) is 5.93. The van der Waals surface area contributed by atoms with E-state index in [-0.39, 0.29) is 0 Å². The molecule has 0 saturated carbocycles. The molecule has 0 bridgehead atoms. The van der Waals surface area contributed by atoms with Gasteiger partial charge in [-0.05, 0) is 53.2 Å². The molecule has 0 saturated heterocycles. The van der Waals surface area contributed by atoms with Crippen LogP contribution in [0.1, 0.15) is 5.69 Å². The highest BCUT2D eigenvalue weighted by atomic mass is 79.9. The van der Waals surface area contributed by atoms with E-state index >= 15 is 0 Å². The number of nitrogens with zero attached hydrogens (tertiary/aromatic N) is 2. The quantitative estimate of drug-likeness (QED) is 0.681. The molecule has 0 atom stereocenters. The lowest BCUT2D eigenvalue weighted by Gasteiger charge is -2.10. The third-order valence-corrected chi connectivity index (χ3v) is 4.25. The summed E-state index contributed by atoms with van der Waals surface area (Å²) in [5, 5.41) is 4.02. The van der Waals surface area contributed by atoms with Crippen LogP contribution < -0.4 is 5.32 Å². The fraction of sp³-hybridized carbons (Fsp3) is 0.0625. The average molecular weight is 363 g/mol. The number of hydrogen-bond donors (Lipinski definition) is 1. The van der Waals surface area contributed by atoms with Gasteiger partial charge < -0.3 is 5.32 Å². The molecule has 0 aliphatic rings. The Bertz CT molecular complexity index is 768. The van der Waals surface area contributed by atoms with Crippen LogP contribution in [0.2, 0.25) is 5.02 Å². The van der Waals surface area contributed by atoms with Crippen molar-refractivity contribution in [1.29, 1.82) is 0 Å². The molecule has 21 heavy (non-hydrogen) atoms. The predicted octanol–water partition coefficient (Wildman–Crippen LogP) is 5.34. The van der Waals surface area contributed by atoms with Crippen LogP contribution in [0.4, 0.5) is 11.6 Å². The van der Waals surface area contributed by atoms with Crippen molar-refractivity contribution in [3.05, 3.63) is 69.9 Å². The highest BCUT2D eigenvalue weighted by Gasteiger charge is 2.09. The molecule has 0 fully saturated rings. The van der Waals surface area contributed by atoms with Crippen molar-refractivity contribution < 1.29 is 0 Å². The monoisotopic (exact) mass is 361 g/mol. The summed E-state index contributed by atoms with van der Waals surface area (Å²) < 4.78 is 2.86. The molecule has 1 aromatic heterocycles. The van der Waals surface area contributed by atoms with Crippen molar-refractivity contribution >= 4 is 39.2 Å². The van der Waals surface area contributed by atoms with Crippen LogP contribution in [0.3, 0.4) is 0 Å². The van der Waals surface area contributed by atoms with E-state index in [1.165, 1.54) is 0 Å². The number of halogens is 2. The van der Waals surface area contributed by atoms with Crippen molar-refractivity contribution in [2.75, 3.05) is 5.32 Å². The molecule has 106 valence electrons. The van der Waals surface area contributed by atoms with E-state index in [2.05, 4.69) is 26.2 Å². The van der Waals surface area contributed by atoms with Crippen molar-refractivity contribution in [2.45, 2.75) is 6.92 Å². The summed E-state index contributed by atoms with van der Waals surface area (Å²) in [5.41, 5.74) is 2.93. The standard InChI is InChI=1S/C16H13BrClN3/c1-11-10-21(13-7-8-15(18)14(17)9-13)16(19-11)20-12-5-3-2-4-6-12/h2-10H,1H3,(H,19,20). The molecule has 2 aromatic carbocycles. The molecule has 1 heterocycles. The van der Waals surface area contributed by atoms with Gasteiger partial charge in [0.1, 0.15) is 0 Å². The molecule has 0 aliphatic heterocycles. The zero-order chi connectivity index (χ0) is 14.8. The Morgan fingerprint density at radius 1 is 1.14 bits per heavy atom. The van der Waals surface area contributed by atoms with Crippen LogP contribution >= 0.6 is 27.5 Å². The molecule has 0 spiro atoms.